The zero-order valence-corrected chi connectivity index (χ0v) is 12.9. The molecule has 2 aromatic carbocycles. The SMILES string of the molecule is CCNCCB1CCc2ccccc2-c2ccccc2C1. The lowest BCUT2D eigenvalue weighted by molar-refractivity contribution is 0.754. The molecule has 1 N–H and O–H groups in total. The molecule has 108 valence electrons. The van der Waals surface area contributed by atoms with Gasteiger partial charge in [0.05, 0.1) is 0 Å². The van der Waals surface area contributed by atoms with Gasteiger partial charge in [0.25, 0.3) is 0 Å². The normalized spacial score (nSPS) is 14.0. The van der Waals surface area contributed by atoms with Crippen LogP contribution in [0.1, 0.15) is 18.1 Å². The highest BCUT2D eigenvalue weighted by Crippen LogP contribution is 2.32. The third-order valence-corrected chi connectivity index (χ3v) is 4.63. The zero-order chi connectivity index (χ0) is 14.5. The summed E-state index contributed by atoms with van der Waals surface area (Å²) >= 11 is 0. The predicted octanol–water partition coefficient (Wildman–Crippen LogP) is 4.10. The van der Waals surface area contributed by atoms with Gasteiger partial charge in [-0.25, -0.2) is 0 Å². The van der Waals surface area contributed by atoms with E-state index in [2.05, 4.69) is 60.8 Å². The molecule has 0 amide bonds. The van der Waals surface area contributed by atoms with Crippen molar-refractivity contribution in [2.24, 2.45) is 0 Å². The maximum Gasteiger partial charge on any atom is 0.146 e. The van der Waals surface area contributed by atoms with Gasteiger partial charge in [-0.1, -0.05) is 68.1 Å². The lowest BCUT2D eigenvalue weighted by Gasteiger charge is -2.22. The number of aryl methyl sites for hydroxylation is 1. The molecule has 0 radical (unpaired) electrons. The van der Waals surface area contributed by atoms with Crippen molar-refractivity contribution >= 4 is 6.71 Å². The Morgan fingerprint density at radius 3 is 2.38 bits per heavy atom. The summed E-state index contributed by atoms with van der Waals surface area (Å²) < 4.78 is 0. The van der Waals surface area contributed by atoms with Gasteiger partial charge in [-0.15, -0.1) is 0 Å². The Bertz CT molecular complexity index is 594. The minimum Gasteiger partial charge on any atom is -0.318 e. The van der Waals surface area contributed by atoms with Crippen LogP contribution in [-0.2, 0) is 12.7 Å². The van der Waals surface area contributed by atoms with Crippen molar-refractivity contribution < 1.29 is 0 Å². The summed E-state index contributed by atoms with van der Waals surface area (Å²) in [7, 11) is 0. The summed E-state index contributed by atoms with van der Waals surface area (Å²) in [5, 5.41) is 3.47. The smallest absolute Gasteiger partial charge is 0.146 e. The van der Waals surface area contributed by atoms with E-state index in [4.69, 9.17) is 0 Å². The van der Waals surface area contributed by atoms with Gasteiger partial charge in [0, 0.05) is 0 Å². The molecule has 21 heavy (non-hydrogen) atoms. The van der Waals surface area contributed by atoms with E-state index in [0.717, 1.165) is 19.8 Å². The van der Waals surface area contributed by atoms with Gasteiger partial charge in [0.15, 0.2) is 0 Å². The molecule has 0 saturated carbocycles. The summed E-state index contributed by atoms with van der Waals surface area (Å²) in [6, 6.07) is 17.9. The molecular weight excluding hydrogens is 253 g/mol. The van der Waals surface area contributed by atoms with Gasteiger partial charge in [-0.3, -0.25) is 0 Å². The average Bonchev–Trinajstić information content (AvgIpc) is 2.51. The number of nitrogens with one attached hydrogen (secondary N) is 1. The molecule has 0 aromatic heterocycles. The fraction of sp³-hybridized carbons (Fsp3) is 0.368. The van der Waals surface area contributed by atoms with E-state index in [-0.39, 0.29) is 0 Å². The summed E-state index contributed by atoms with van der Waals surface area (Å²) in [4.78, 5) is 0. The summed E-state index contributed by atoms with van der Waals surface area (Å²) in [5.41, 5.74) is 5.92. The minimum absolute atomic E-state index is 0.790. The van der Waals surface area contributed by atoms with Crippen LogP contribution >= 0.6 is 0 Å². The van der Waals surface area contributed by atoms with Gasteiger partial charge in [-0.05, 0) is 48.1 Å². The van der Waals surface area contributed by atoms with E-state index in [1.165, 1.54) is 47.6 Å². The van der Waals surface area contributed by atoms with Crippen LogP contribution in [0.4, 0.5) is 0 Å². The lowest BCUT2D eigenvalue weighted by atomic mass is 9.40. The van der Waals surface area contributed by atoms with E-state index in [9.17, 15) is 0 Å². The second-order valence-corrected chi connectivity index (χ2v) is 6.07. The molecule has 0 unspecified atom stereocenters. The van der Waals surface area contributed by atoms with Gasteiger partial charge in [0.1, 0.15) is 6.71 Å². The fourth-order valence-corrected chi connectivity index (χ4v) is 3.46. The van der Waals surface area contributed by atoms with Crippen molar-refractivity contribution in [3.8, 4) is 11.1 Å². The third kappa shape index (κ3) is 3.38. The molecule has 0 bridgehead atoms. The molecule has 0 fully saturated rings. The van der Waals surface area contributed by atoms with E-state index in [0.29, 0.717) is 0 Å². The summed E-state index contributed by atoms with van der Waals surface area (Å²) in [6.07, 6.45) is 5.01. The molecule has 0 aliphatic carbocycles. The average molecular weight is 277 g/mol. The van der Waals surface area contributed by atoms with E-state index in [1.807, 2.05) is 0 Å². The van der Waals surface area contributed by atoms with Crippen LogP contribution in [0.25, 0.3) is 11.1 Å². The number of benzene rings is 2. The minimum atomic E-state index is 0.790. The van der Waals surface area contributed by atoms with Crippen LogP contribution in [0, 0.1) is 0 Å². The van der Waals surface area contributed by atoms with Crippen molar-refractivity contribution in [3.05, 3.63) is 59.7 Å². The largest absolute Gasteiger partial charge is 0.318 e. The first-order chi connectivity index (χ1) is 10.4. The van der Waals surface area contributed by atoms with Gasteiger partial charge < -0.3 is 5.32 Å². The second-order valence-electron chi connectivity index (χ2n) is 6.07. The third-order valence-electron chi connectivity index (χ3n) is 4.63. The molecule has 1 heterocycles. The lowest BCUT2D eigenvalue weighted by Crippen LogP contribution is -2.26. The highest BCUT2D eigenvalue weighted by Gasteiger charge is 2.20. The van der Waals surface area contributed by atoms with Gasteiger partial charge in [-0.2, -0.15) is 0 Å². The number of fused-ring (bicyclic) bond motifs is 3. The Balaban J connectivity index is 1.89. The Hall–Kier alpha value is -1.54. The zero-order valence-electron chi connectivity index (χ0n) is 12.9. The van der Waals surface area contributed by atoms with Gasteiger partial charge >= 0.3 is 0 Å². The van der Waals surface area contributed by atoms with Crippen LogP contribution in [0.3, 0.4) is 0 Å². The van der Waals surface area contributed by atoms with Crippen LogP contribution < -0.4 is 5.32 Å². The van der Waals surface area contributed by atoms with Crippen LogP contribution in [0.15, 0.2) is 48.5 Å². The molecule has 2 heteroatoms. The molecule has 0 saturated heterocycles. The molecule has 0 spiro atoms. The molecule has 1 aliphatic heterocycles. The molecule has 1 nitrogen and oxygen atoms in total. The molecule has 3 rings (SSSR count). The van der Waals surface area contributed by atoms with Crippen molar-refractivity contribution in [2.75, 3.05) is 13.1 Å². The Labute approximate surface area is 128 Å². The predicted molar refractivity (Wildman–Crippen MR) is 93.2 cm³/mol. The number of hydrogen-bond acceptors (Lipinski definition) is 1. The highest BCUT2D eigenvalue weighted by molar-refractivity contribution is 6.58. The Morgan fingerprint density at radius 2 is 1.62 bits per heavy atom. The van der Waals surface area contributed by atoms with Crippen LogP contribution in [0.5, 0.6) is 0 Å². The van der Waals surface area contributed by atoms with Crippen LogP contribution in [-0.4, -0.2) is 19.8 Å². The molecule has 1 aliphatic rings. The second kappa shape index (κ2) is 6.95. The standard InChI is InChI=1S/C19H24BN/c1-2-21-14-13-20-12-11-16-7-3-5-9-18(16)19-10-6-4-8-17(19)15-20/h3-10,21H,2,11-15H2,1H3. The van der Waals surface area contributed by atoms with E-state index < -0.39 is 0 Å². The molecular formula is C19H24BN. The first-order valence-corrected chi connectivity index (χ1v) is 8.25. The van der Waals surface area contributed by atoms with Crippen molar-refractivity contribution in [1.82, 2.24) is 5.32 Å². The molecule has 0 atom stereocenters. The van der Waals surface area contributed by atoms with E-state index >= 15 is 0 Å². The van der Waals surface area contributed by atoms with Crippen molar-refractivity contribution in [3.63, 3.8) is 0 Å². The number of rotatable bonds is 4. The van der Waals surface area contributed by atoms with E-state index in [1.54, 1.807) is 0 Å². The Morgan fingerprint density at radius 1 is 0.952 bits per heavy atom. The highest BCUT2D eigenvalue weighted by atomic mass is 14.8. The topological polar surface area (TPSA) is 12.0 Å². The summed E-state index contributed by atoms with van der Waals surface area (Å²) in [5.74, 6) is 0. The number of hydrogen-bond donors (Lipinski definition) is 1. The first kappa shape index (κ1) is 14.4. The van der Waals surface area contributed by atoms with Crippen molar-refractivity contribution in [2.45, 2.75) is 32.3 Å². The maximum absolute atomic E-state index is 3.47. The molecule has 2 aromatic rings. The fourth-order valence-electron chi connectivity index (χ4n) is 3.46. The quantitative estimate of drug-likeness (QED) is 0.655. The monoisotopic (exact) mass is 277 g/mol. The van der Waals surface area contributed by atoms with Crippen molar-refractivity contribution in [1.29, 1.82) is 0 Å². The Kier molecular flexibility index (Phi) is 4.77. The summed E-state index contributed by atoms with van der Waals surface area (Å²) in [6.45, 7) is 5.19. The van der Waals surface area contributed by atoms with Gasteiger partial charge in [0.2, 0.25) is 0 Å². The first-order valence-electron chi connectivity index (χ1n) is 8.25. The maximum atomic E-state index is 3.47. The van der Waals surface area contributed by atoms with Crippen LogP contribution in [0.2, 0.25) is 12.6 Å².